The molecule has 100 valence electrons. The van der Waals surface area contributed by atoms with Gasteiger partial charge in [0.1, 0.15) is 17.5 Å². The van der Waals surface area contributed by atoms with Crippen LogP contribution in [0.3, 0.4) is 0 Å². The second-order valence-corrected chi connectivity index (χ2v) is 5.50. The van der Waals surface area contributed by atoms with Crippen molar-refractivity contribution < 1.29 is 13.2 Å². The van der Waals surface area contributed by atoms with Crippen LogP contribution in [-0.2, 0) is 0 Å². The molecule has 19 heavy (non-hydrogen) atoms. The fourth-order valence-electron chi connectivity index (χ4n) is 1.73. The number of benzene rings is 2. The van der Waals surface area contributed by atoms with Gasteiger partial charge in [0.15, 0.2) is 0 Å². The van der Waals surface area contributed by atoms with Gasteiger partial charge in [0.25, 0.3) is 0 Å². The van der Waals surface area contributed by atoms with Crippen LogP contribution >= 0.6 is 27.5 Å². The zero-order valence-electron chi connectivity index (χ0n) is 9.85. The van der Waals surface area contributed by atoms with Gasteiger partial charge in [0.05, 0.1) is 5.38 Å². The molecule has 0 aliphatic heterocycles. The first-order valence-corrected chi connectivity index (χ1v) is 6.67. The van der Waals surface area contributed by atoms with Gasteiger partial charge in [-0.2, -0.15) is 0 Å². The molecule has 1 atom stereocenters. The summed E-state index contributed by atoms with van der Waals surface area (Å²) >= 11 is 9.26. The van der Waals surface area contributed by atoms with Crippen LogP contribution in [0.25, 0.3) is 0 Å². The lowest BCUT2D eigenvalue weighted by Gasteiger charge is -2.13. The van der Waals surface area contributed by atoms with Crippen LogP contribution < -0.4 is 0 Å². The summed E-state index contributed by atoms with van der Waals surface area (Å²) in [5, 5.41) is -1.09. The third-order valence-electron chi connectivity index (χ3n) is 2.78. The second-order valence-electron chi connectivity index (χ2n) is 4.15. The Balaban J connectivity index is 2.52. The molecule has 2 rings (SSSR count). The zero-order valence-corrected chi connectivity index (χ0v) is 12.2. The normalized spacial score (nSPS) is 12.5. The summed E-state index contributed by atoms with van der Waals surface area (Å²) in [7, 11) is 0. The fraction of sp³-hybridized carbons (Fsp3) is 0.143. The van der Waals surface area contributed by atoms with Crippen LogP contribution in [0, 0.1) is 24.4 Å². The van der Waals surface area contributed by atoms with Gasteiger partial charge in [0.2, 0.25) is 0 Å². The van der Waals surface area contributed by atoms with Crippen LogP contribution in [0.5, 0.6) is 0 Å². The van der Waals surface area contributed by atoms with Gasteiger partial charge in [-0.3, -0.25) is 0 Å². The molecule has 0 spiro atoms. The summed E-state index contributed by atoms with van der Waals surface area (Å²) < 4.78 is 41.6. The molecular formula is C14H9BrClF3. The maximum atomic E-state index is 13.8. The molecule has 0 amide bonds. The predicted octanol–water partition coefficient (Wildman–Crippen LogP) is 5.50. The van der Waals surface area contributed by atoms with Crippen molar-refractivity contribution in [3.63, 3.8) is 0 Å². The molecule has 0 fully saturated rings. The number of hydrogen-bond donors (Lipinski definition) is 0. The lowest BCUT2D eigenvalue weighted by molar-refractivity contribution is 0.574. The maximum absolute atomic E-state index is 13.8. The molecule has 0 bridgehead atoms. The quantitative estimate of drug-likeness (QED) is 0.628. The van der Waals surface area contributed by atoms with Crippen LogP contribution in [0.4, 0.5) is 13.2 Å². The summed E-state index contributed by atoms with van der Waals surface area (Å²) in [4.78, 5) is 0. The smallest absolute Gasteiger partial charge is 0.128 e. The molecule has 1 unspecified atom stereocenters. The summed E-state index contributed by atoms with van der Waals surface area (Å²) in [6.07, 6.45) is 0. The minimum atomic E-state index is -1.09. The molecule has 0 nitrogen and oxygen atoms in total. The second kappa shape index (κ2) is 5.55. The lowest BCUT2D eigenvalue weighted by Crippen LogP contribution is -2.02. The third kappa shape index (κ3) is 2.95. The topological polar surface area (TPSA) is 0 Å². The molecule has 0 heterocycles. The van der Waals surface area contributed by atoms with Gasteiger partial charge in [-0.1, -0.05) is 15.9 Å². The lowest BCUT2D eigenvalue weighted by atomic mass is 10.0. The first-order valence-electron chi connectivity index (χ1n) is 5.44. The molecule has 0 aliphatic rings. The summed E-state index contributed by atoms with van der Waals surface area (Å²) in [6, 6.07) is 6.23. The van der Waals surface area contributed by atoms with Gasteiger partial charge in [-0.15, -0.1) is 11.6 Å². The minimum Gasteiger partial charge on any atom is -0.207 e. The van der Waals surface area contributed by atoms with Gasteiger partial charge in [-0.25, -0.2) is 13.2 Å². The van der Waals surface area contributed by atoms with E-state index in [1.54, 1.807) is 0 Å². The fourth-order valence-corrected chi connectivity index (χ4v) is 2.45. The van der Waals surface area contributed by atoms with Gasteiger partial charge in [-0.05, 0) is 42.8 Å². The van der Waals surface area contributed by atoms with E-state index in [0.717, 1.165) is 12.1 Å². The van der Waals surface area contributed by atoms with E-state index in [1.807, 2.05) is 0 Å². The minimum absolute atomic E-state index is 0.0817. The van der Waals surface area contributed by atoms with Crippen molar-refractivity contribution in [2.75, 3.05) is 0 Å². The molecule has 0 saturated carbocycles. The van der Waals surface area contributed by atoms with Crippen LogP contribution in [-0.4, -0.2) is 0 Å². The highest BCUT2D eigenvalue weighted by Gasteiger charge is 2.20. The van der Waals surface area contributed by atoms with E-state index in [1.165, 1.54) is 25.1 Å². The average Bonchev–Trinajstić information content (AvgIpc) is 2.36. The SMILES string of the molecule is Cc1cc(F)c(C(Cl)c2cc(Br)ccc2F)cc1F. The highest BCUT2D eigenvalue weighted by Crippen LogP contribution is 2.34. The Morgan fingerprint density at radius 2 is 1.58 bits per heavy atom. The van der Waals surface area contributed by atoms with Crippen LogP contribution in [0.15, 0.2) is 34.8 Å². The monoisotopic (exact) mass is 348 g/mol. The number of rotatable bonds is 2. The van der Waals surface area contributed by atoms with E-state index in [-0.39, 0.29) is 16.7 Å². The first-order chi connectivity index (χ1) is 8.90. The van der Waals surface area contributed by atoms with E-state index in [9.17, 15) is 13.2 Å². The average molecular weight is 350 g/mol. The molecule has 2 aromatic rings. The molecule has 0 saturated heterocycles. The van der Waals surface area contributed by atoms with Crippen molar-refractivity contribution in [2.45, 2.75) is 12.3 Å². The van der Waals surface area contributed by atoms with Crippen LogP contribution in [0.2, 0.25) is 0 Å². The third-order valence-corrected chi connectivity index (χ3v) is 3.75. The first kappa shape index (κ1) is 14.4. The Labute approximate surface area is 122 Å². The molecule has 0 N–H and O–H groups in total. The van der Waals surface area contributed by atoms with Crippen LogP contribution in [0.1, 0.15) is 22.1 Å². The van der Waals surface area contributed by atoms with Crippen molar-refractivity contribution in [3.8, 4) is 0 Å². The molecule has 0 radical (unpaired) electrons. The molecule has 0 aliphatic carbocycles. The number of aryl methyl sites for hydroxylation is 1. The van der Waals surface area contributed by atoms with E-state index in [4.69, 9.17) is 11.6 Å². The Bertz CT molecular complexity index is 628. The van der Waals surface area contributed by atoms with E-state index >= 15 is 0 Å². The van der Waals surface area contributed by atoms with Gasteiger partial charge < -0.3 is 0 Å². The van der Waals surface area contributed by atoms with Crippen molar-refractivity contribution in [1.29, 1.82) is 0 Å². The van der Waals surface area contributed by atoms with Gasteiger partial charge in [0, 0.05) is 15.6 Å². The molecule has 0 aromatic heterocycles. The summed E-state index contributed by atoms with van der Waals surface area (Å²) in [5.41, 5.74) is 0.194. The molecule has 5 heteroatoms. The molecular weight excluding hydrogens is 341 g/mol. The maximum Gasteiger partial charge on any atom is 0.128 e. The Morgan fingerprint density at radius 3 is 2.26 bits per heavy atom. The Morgan fingerprint density at radius 1 is 0.947 bits per heavy atom. The number of hydrogen-bond acceptors (Lipinski definition) is 0. The zero-order chi connectivity index (χ0) is 14.2. The van der Waals surface area contributed by atoms with Gasteiger partial charge >= 0.3 is 0 Å². The standard InChI is InChI=1S/C14H9BrClF3/c1-7-4-13(19)10(6-12(7)18)14(16)9-5-8(15)2-3-11(9)17/h2-6,14H,1H3. The predicted molar refractivity (Wildman–Crippen MR) is 72.9 cm³/mol. The van der Waals surface area contributed by atoms with Crippen molar-refractivity contribution in [1.82, 2.24) is 0 Å². The Hall–Kier alpha value is -1.00. The largest absolute Gasteiger partial charge is 0.207 e. The highest BCUT2D eigenvalue weighted by molar-refractivity contribution is 9.10. The van der Waals surface area contributed by atoms with E-state index < -0.39 is 22.8 Å². The van der Waals surface area contributed by atoms with Crippen molar-refractivity contribution in [2.24, 2.45) is 0 Å². The van der Waals surface area contributed by atoms with E-state index in [0.29, 0.717) is 4.47 Å². The van der Waals surface area contributed by atoms with Crippen molar-refractivity contribution >= 4 is 27.5 Å². The summed E-state index contributed by atoms with van der Waals surface area (Å²) in [6.45, 7) is 1.45. The number of alkyl halides is 1. The Kier molecular flexibility index (Phi) is 4.21. The van der Waals surface area contributed by atoms with E-state index in [2.05, 4.69) is 15.9 Å². The highest BCUT2D eigenvalue weighted by atomic mass is 79.9. The number of halogens is 5. The summed E-state index contributed by atoms with van der Waals surface area (Å²) in [5.74, 6) is -1.79. The molecule has 2 aromatic carbocycles. The van der Waals surface area contributed by atoms with Crippen molar-refractivity contribution in [3.05, 3.63) is 68.9 Å².